The Balaban J connectivity index is 1.64. The van der Waals surface area contributed by atoms with Gasteiger partial charge < -0.3 is 9.80 Å². The minimum atomic E-state index is 0.678. The van der Waals surface area contributed by atoms with Crippen LogP contribution in [0.2, 0.25) is 0 Å². The van der Waals surface area contributed by atoms with Crippen molar-refractivity contribution < 1.29 is 4.68 Å². The summed E-state index contributed by atoms with van der Waals surface area (Å²) in [4.78, 5) is 8.88. The molecule has 4 rings (SSSR count). The summed E-state index contributed by atoms with van der Waals surface area (Å²) in [5, 5.41) is 8.36. The van der Waals surface area contributed by atoms with E-state index in [-0.39, 0.29) is 0 Å². The van der Waals surface area contributed by atoms with Gasteiger partial charge in [-0.25, -0.2) is 0 Å². The molecular weight excluding hydrogens is 398 g/mol. The van der Waals surface area contributed by atoms with E-state index in [2.05, 4.69) is 80.9 Å². The van der Waals surface area contributed by atoms with E-state index in [4.69, 9.17) is 4.98 Å². The summed E-state index contributed by atoms with van der Waals surface area (Å²) in [7, 11) is 9.99. The van der Waals surface area contributed by atoms with E-state index in [1.54, 1.807) is 9.20 Å². The second kappa shape index (κ2) is 9.01. The summed E-state index contributed by atoms with van der Waals surface area (Å²) in [5.41, 5.74) is 6.32. The lowest BCUT2D eigenvalue weighted by Gasteiger charge is -2.11. The molecule has 0 saturated carbocycles. The SMILES string of the molecule is CN(C)c1ccc(/C=C/c2cc(/C=C/c3ccc(N(C)C)cc3)n3nn[n+](C)c3n2)cc1. The van der Waals surface area contributed by atoms with Crippen molar-refractivity contribution in [2.75, 3.05) is 38.0 Å². The van der Waals surface area contributed by atoms with Gasteiger partial charge in [0.2, 0.25) is 0 Å². The summed E-state index contributed by atoms with van der Waals surface area (Å²) >= 11 is 0. The fraction of sp³-hybridized carbons (Fsp3) is 0.200. The van der Waals surface area contributed by atoms with Crippen LogP contribution in [0, 0.1) is 0 Å². The maximum Gasteiger partial charge on any atom is 0.408 e. The van der Waals surface area contributed by atoms with E-state index < -0.39 is 0 Å². The minimum absolute atomic E-state index is 0.678. The van der Waals surface area contributed by atoms with Gasteiger partial charge in [-0.1, -0.05) is 40.9 Å². The predicted octanol–water partition coefficient (Wildman–Crippen LogP) is 3.42. The first-order chi connectivity index (χ1) is 15.4. The zero-order chi connectivity index (χ0) is 22.7. The number of benzene rings is 2. The van der Waals surface area contributed by atoms with Gasteiger partial charge in [-0.05, 0) is 47.5 Å². The lowest BCUT2D eigenvalue weighted by Crippen LogP contribution is -2.31. The van der Waals surface area contributed by atoms with Crippen LogP contribution in [0.1, 0.15) is 22.5 Å². The molecule has 0 saturated heterocycles. The van der Waals surface area contributed by atoms with Crippen LogP contribution in [0.25, 0.3) is 30.1 Å². The van der Waals surface area contributed by atoms with Gasteiger partial charge in [0.1, 0.15) is 16.6 Å². The van der Waals surface area contributed by atoms with Crippen LogP contribution in [0.4, 0.5) is 11.4 Å². The third kappa shape index (κ3) is 4.67. The van der Waals surface area contributed by atoms with Crippen LogP contribution < -0.4 is 14.5 Å². The number of fused-ring (bicyclic) bond motifs is 1. The number of hydrogen-bond donors (Lipinski definition) is 0. The van der Waals surface area contributed by atoms with Crippen molar-refractivity contribution in [1.29, 1.82) is 0 Å². The Bertz CT molecular complexity index is 1260. The van der Waals surface area contributed by atoms with Crippen molar-refractivity contribution in [3.63, 3.8) is 0 Å². The van der Waals surface area contributed by atoms with Crippen molar-refractivity contribution in [3.8, 4) is 0 Å². The largest absolute Gasteiger partial charge is 0.408 e. The standard InChI is InChI=1S/C25H28N7/c1-29(2)22-13-7-19(8-14-22)6-12-21-18-24(32-25(26-21)31(5)27-28-32)17-11-20-9-15-23(16-10-20)30(3)4/h6-18H,1-5H3/q+1. The molecule has 2 aromatic heterocycles. The lowest BCUT2D eigenvalue weighted by molar-refractivity contribution is -0.709. The molecule has 0 atom stereocenters. The molecule has 0 spiro atoms. The van der Waals surface area contributed by atoms with Gasteiger partial charge in [0.05, 0.1) is 12.3 Å². The molecule has 2 aromatic carbocycles. The van der Waals surface area contributed by atoms with Gasteiger partial charge >= 0.3 is 5.78 Å². The Labute approximate surface area is 188 Å². The number of nitrogens with zero attached hydrogens (tertiary/aromatic N) is 7. The first-order valence-electron chi connectivity index (χ1n) is 10.4. The van der Waals surface area contributed by atoms with Crippen LogP contribution in [-0.4, -0.2) is 48.1 Å². The molecule has 0 unspecified atom stereocenters. The topological polar surface area (TPSA) is 53.4 Å². The lowest BCUT2D eigenvalue weighted by atomic mass is 10.1. The Morgan fingerprint density at radius 3 is 1.81 bits per heavy atom. The van der Waals surface area contributed by atoms with Crippen molar-refractivity contribution in [2.45, 2.75) is 0 Å². The Hall–Kier alpha value is -4.00. The quantitative estimate of drug-likeness (QED) is 0.442. The Morgan fingerprint density at radius 2 is 1.28 bits per heavy atom. The van der Waals surface area contributed by atoms with Crippen LogP contribution in [0.15, 0.2) is 54.6 Å². The van der Waals surface area contributed by atoms with Crippen LogP contribution >= 0.6 is 0 Å². The number of hydrogen-bond acceptors (Lipinski definition) is 5. The van der Waals surface area contributed by atoms with E-state index in [1.165, 1.54) is 11.4 Å². The molecule has 0 fully saturated rings. The van der Waals surface area contributed by atoms with E-state index in [0.29, 0.717) is 5.78 Å². The molecule has 0 aliphatic rings. The second-order valence-electron chi connectivity index (χ2n) is 8.06. The van der Waals surface area contributed by atoms with E-state index in [0.717, 1.165) is 22.5 Å². The van der Waals surface area contributed by atoms with E-state index in [1.807, 2.05) is 53.5 Å². The van der Waals surface area contributed by atoms with E-state index in [9.17, 15) is 0 Å². The summed E-state index contributed by atoms with van der Waals surface area (Å²) in [6.45, 7) is 0. The highest BCUT2D eigenvalue weighted by molar-refractivity contribution is 5.73. The predicted molar refractivity (Wildman–Crippen MR) is 131 cm³/mol. The monoisotopic (exact) mass is 426 g/mol. The number of anilines is 2. The highest BCUT2D eigenvalue weighted by Crippen LogP contribution is 2.17. The molecule has 0 amide bonds. The molecule has 32 heavy (non-hydrogen) atoms. The summed E-state index contributed by atoms with van der Waals surface area (Å²) in [5.74, 6) is 0.678. The highest BCUT2D eigenvalue weighted by atomic mass is 15.6. The molecule has 162 valence electrons. The van der Waals surface area contributed by atoms with Gasteiger partial charge in [0.25, 0.3) is 0 Å². The first-order valence-corrected chi connectivity index (χ1v) is 10.4. The molecule has 4 aromatic rings. The Morgan fingerprint density at radius 1 is 0.750 bits per heavy atom. The molecule has 7 nitrogen and oxygen atoms in total. The van der Waals surface area contributed by atoms with Crippen molar-refractivity contribution in [1.82, 2.24) is 19.9 Å². The second-order valence-corrected chi connectivity index (χ2v) is 8.06. The number of aromatic nitrogens is 5. The smallest absolute Gasteiger partial charge is 0.378 e. The molecule has 0 aliphatic carbocycles. The maximum absolute atomic E-state index is 4.71. The molecule has 0 radical (unpaired) electrons. The third-order valence-electron chi connectivity index (χ3n) is 5.22. The van der Waals surface area contributed by atoms with Crippen molar-refractivity contribution in [2.24, 2.45) is 7.05 Å². The normalized spacial score (nSPS) is 11.7. The molecule has 2 heterocycles. The molecule has 0 aliphatic heterocycles. The zero-order valence-corrected chi connectivity index (χ0v) is 19.1. The minimum Gasteiger partial charge on any atom is -0.378 e. The van der Waals surface area contributed by atoms with Crippen molar-refractivity contribution in [3.05, 3.63) is 77.1 Å². The van der Waals surface area contributed by atoms with Gasteiger partial charge in [-0.3, -0.25) is 0 Å². The highest BCUT2D eigenvalue weighted by Gasteiger charge is 2.16. The average molecular weight is 427 g/mol. The Kier molecular flexibility index (Phi) is 5.98. The molecule has 0 N–H and O–H groups in total. The van der Waals surface area contributed by atoms with Gasteiger partial charge in [0.15, 0.2) is 0 Å². The fourth-order valence-corrected chi connectivity index (χ4v) is 3.30. The van der Waals surface area contributed by atoms with Crippen molar-refractivity contribution >= 4 is 41.5 Å². The average Bonchev–Trinajstić information content (AvgIpc) is 3.17. The van der Waals surface area contributed by atoms with Gasteiger partial charge in [-0.15, -0.1) is 9.67 Å². The first kappa shape index (κ1) is 21.2. The van der Waals surface area contributed by atoms with Crippen LogP contribution in [0.3, 0.4) is 0 Å². The van der Waals surface area contributed by atoms with E-state index >= 15 is 0 Å². The molecule has 0 bridgehead atoms. The number of tetrazole rings is 1. The molecule has 7 heteroatoms. The van der Waals surface area contributed by atoms with Crippen LogP contribution in [-0.2, 0) is 7.05 Å². The third-order valence-corrected chi connectivity index (χ3v) is 5.22. The van der Waals surface area contributed by atoms with Gasteiger partial charge in [0, 0.05) is 45.6 Å². The number of rotatable bonds is 6. The molecular formula is C25H28N7+. The number of aryl methyl sites for hydroxylation is 1. The summed E-state index contributed by atoms with van der Waals surface area (Å²) < 4.78 is 3.42. The van der Waals surface area contributed by atoms with Crippen LogP contribution in [0.5, 0.6) is 0 Å². The summed E-state index contributed by atoms with van der Waals surface area (Å²) in [6, 6.07) is 18.8. The summed E-state index contributed by atoms with van der Waals surface area (Å²) in [6.07, 6.45) is 8.19. The van der Waals surface area contributed by atoms with Gasteiger partial charge in [-0.2, -0.15) is 0 Å². The maximum atomic E-state index is 4.71. The fourth-order valence-electron chi connectivity index (χ4n) is 3.30. The zero-order valence-electron chi connectivity index (χ0n) is 19.1.